The molecule has 29 heavy (non-hydrogen) atoms. The van der Waals surface area contributed by atoms with Gasteiger partial charge in [-0.2, -0.15) is 0 Å². The number of rotatable bonds is 13. The Bertz CT molecular complexity index is 567. The van der Waals surface area contributed by atoms with Crippen molar-refractivity contribution in [2.75, 3.05) is 46.1 Å². The number of hydrogen-bond acceptors (Lipinski definition) is 9. The van der Waals surface area contributed by atoms with E-state index in [-0.39, 0.29) is 45.9 Å². The van der Waals surface area contributed by atoms with Crippen molar-refractivity contribution in [2.24, 2.45) is 0 Å². The van der Waals surface area contributed by atoms with E-state index in [0.717, 1.165) is 0 Å². The molecule has 1 rings (SSSR count). The van der Waals surface area contributed by atoms with Crippen molar-refractivity contribution in [2.45, 2.75) is 50.7 Å². The highest BCUT2D eigenvalue weighted by Crippen LogP contribution is 2.42. The van der Waals surface area contributed by atoms with Gasteiger partial charge in [0.05, 0.1) is 19.8 Å². The number of ether oxygens (including phenoxy) is 3. The van der Waals surface area contributed by atoms with Crippen molar-refractivity contribution in [1.29, 1.82) is 0 Å². The maximum Gasteiger partial charge on any atom is 0.469 e. The van der Waals surface area contributed by atoms with E-state index in [1.807, 2.05) is 0 Å². The van der Waals surface area contributed by atoms with Gasteiger partial charge in [-0.3, -0.25) is 9.42 Å². The third-order valence-corrected chi connectivity index (χ3v) is 5.34. The maximum absolute atomic E-state index is 12.6. The maximum atomic E-state index is 12.6. The first-order valence-electron chi connectivity index (χ1n) is 9.42. The van der Waals surface area contributed by atoms with Crippen LogP contribution < -0.4 is 0 Å². The minimum Gasteiger partial charge on any atom is -0.478 e. The second-order valence-electron chi connectivity index (χ2n) is 6.46. The fourth-order valence-electron chi connectivity index (χ4n) is 3.71. The van der Waals surface area contributed by atoms with Crippen LogP contribution in [0, 0.1) is 0 Å². The zero-order chi connectivity index (χ0) is 22.3. The Morgan fingerprint density at radius 3 is 2.10 bits per heavy atom. The number of nitrogens with zero attached hydrogens (tertiary/aromatic N) is 1. The normalized spacial score (nSPS) is 22.4. The fourth-order valence-corrected chi connectivity index (χ4v) is 4.06. The van der Waals surface area contributed by atoms with Gasteiger partial charge in [-0.05, 0) is 20.3 Å². The molecule has 0 radical (unpaired) electrons. The number of phosphoric acid groups is 1. The molecule has 0 aromatic heterocycles. The molecule has 1 fully saturated rings. The van der Waals surface area contributed by atoms with Crippen LogP contribution in [0.2, 0.25) is 0 Å². The lowest BCUT2D eigenvalue weighted by Gasteiger charge is -2.54. The Kier molecular flexibility index (Phi) is 10.1. The molecule has 12 nitrogen and oxygen atoms in total. The second-order valence-corrected chi connectivity index (χ2v) is 7.70. The predicted molar refractivity (Wildman–Crippen MR) is 99.0 cm³/mol. The van der Waals surface area contributed by atoms with E-state index >= 15 is 0 Å². The highest BCUT2D eigenvalue weighted by Gasteiger charge is 2.66. The van der Waals surface area contributed by atoms with Gasteiger partial charge in [0.2, 0.25) is 0 Å². The van der Waals surface area contributed by atoms with Gasteiger partial charge >= 0.3 is 13.8 Å². The standard InChI is InChI=1S/C16H32NO11P/c1-4-15(26-5-2,13(19)12(18)11-28-29(22,23)24)16(14(20)21,27-6-3)17-7-9-25-10-8-17/h12-13,18-19H,4-11H2,1-3H3,(H,20,21)(H2,22,23,24). The molecule has 1 aliphatic heterocycles. The Hall–Kier alpha value is -0.660. The number of morpholine rings is 1. The number of aliphatic hydroxyl groups is 2. The van der Waals surface area contributed by atoms with E-state index < -0.39 is 43.9 Å². The van der Waals surface area contributed by atoms with Crippen LogP contribution in [0.3, 0.4) is 0 Å². The van der Waals surface area contributed by atoms with Gasteiger partial charge in [0.1, 0.15) is 17.8 Å². The molecule has 1 heterocycles. The van der Waals surface area contributed by atoms with Crippen LogP contribution in [0.4, 0.5) is 0 Å². The number of carboxylic acid groups (broad SMARTS) is 1. The van der Waals surface area contributed by atoms with Gasteiger partial charge in [0.15, 0.2) is 0 Å². The minimum absolute atomic E-state index is 0.0244. The summed E-state index contributed by atoms with van der Waals surface area (Å²) in [5.74, 6) is -1.43. The quantitative estimate of drug-likeness (QED) is 0.222. The number of carboxylic acids is 1. The molecular weight excluding hydrogens is 413 g/mol. The lowest BCUT2D eigenvalue weighted by molar-refractivity contribution is -0.311. The van der Waals surface area contributed by atoms with Crippen LogP contribution in [0.5, 0.6) is 0 Å². The molecule has 0 aromatic carbocycles. The largest absolute Gasteiger partial charge is 0.478 e. The lowest BCUT2D eigenvalue weighted by Crippen LogP contribution is -2.77. The Morgan fingerprint density at radius 1 is 1.14 bits per heavy atom. The van der Waals surface area contributed by atoms with Crippen LogP contribution in [0.25, 0.3) is 0 Å². The summed E-state index contributed by atoms with van der Waals surface area (Å²) in [5, 5.41) is 31.6. The van der Waals surface area contributed by atoms with E-state index in [1.165, 1.54) is 4.90 Å². The zero-order valence-electron chi connectivity index (χ0n) is 16.9. The average molecular weight is 445 g/mol. The van der Waals surface area contributed by atoms with Gasteiger partial charge in [-0.1, -0.05) is 6.92 Å². The smallest absolute Gasteiger partial charge is 0.469 e. The van der Waals surface area contributed by atoms with Gasteiger partial charge < -0.3 is 39.3 Å². The third-order valence-electron chi connectivity index (χ3n) is 4.86. The molecule has 13 heteroatoms. The molecule has 0 aromatic rings. The van der Waals surface area contributed by atoms with E-state index in [0.29, 0.717) is 0 Å². The van der Waals surface area contributed by atoms with Crippen LogP contribution >= 0.6 is 7.82 Å². The van der Waals surface area contributed by atoms with Crippen LogP contribution in [-0.4, -0.2) is 106 Å². The van der Waals surface area contributed by atoms with Crippen molar-refractivity contribution in [3.8, 4) is 0 Å². The summed E-state index contributed by atoms with van der Waals surface area (Å²) >= 11 is 0. The van der Waals surface area contributed by atoms with Gasteiger partial charge in [0, 0.05) is 26.3 Å². The molecule has 4 atom stereocenters. The molecule has 0 amide bonds. The molecule has 0 saturated carbocycles. The first-order valence-corrected chi connectivity index (χ1v) is 11.0. The van der Waals surface area contributed by atoms with Crippen molar-refractivity contribution in [3.05, 3.63) is 0 Å². The molecule has 0 spiro atoms. The van der Waals surface area contributed by atoms with Crippen molar-refractivity contribution < 1.29 is 53.2 Å². The highest BCUT2D eigenvalue weighted by atomic mass is 31.2. The molecule has 172 valence electrons. The number of aliphatic carboxylic acids is 1. The van der Waals surface area contributed by atoms with E-state index in [1.54, 1.807) is 20.8 Å². The zero-order valence-corrected chi connectivity index (χ0v) is 17.8. The Balaban J connectivity index is 3.49. The van der Waals surface area contributed by atoms with Crippen LogP contribution in [0.1, 0.15) is 27.2 Å². The Labute approximate surface area is 169 Å². The number of aliphatic hydroxyl groups excluding tert-OH is 2. The monoisotopic (exact) mass is 445 g/mol. The average Bonchev–Trinajstić information content (AvgIpc) is 2.68. The van der Waals surface area contributed by atoms with Gasteiger partial charge in [0.25, 0.3) is 5.72 Å². The summed E-state index contributed by atoms with van der Waals surface area (Å²) in [5.41, 5.74) is -4.18. The number of phosphoric ester groups is 1. The van der Waals surface area contributed by atoms with Crippen LogP contribution in [-0.2, 0) is 28.1 Å². The van der Waals surface area contributed by atoms with E-state index in [2.05, 4.69) is 4.52 Å². The summed E-state index contributed by atoms with van der Waals surface area (Å²) in [7, 11) is -4.92. The van der Waals surface area contributed by atoms with Crippen molar-refractivity contribution in [1.82, 2.24) is 4.90 Å². The van der Waals surface area contributed by atoms with E-state index in [4.69, 9.17) is 24.0 Å². The molecule has 0 aliphatic carbocycles. The highest BCUT2D eigenvalue weighted by molar-refractivity contribution is 7.46. The minimum atomic E-state index is -4.92. The molecule has 1 saturated heterocycles. The number of carbonyl (C=O) groups is 1. The van der Waals surface area contributed by atoms with Crippen molar-refractivity contribution >= 4 is 13.8 Å². The third kappa shape index (κ3) is 5.73. The fraction of sp³-hybridized carbons (Fsp3) is 0.938. The topological polar surface area (TPSA) is 175 Å². The number of hydrogen-bond donors (Lipinski definition) is 5. The van der Waals surface area contributed by atoms with Crippen LogP contribution in [0.15, 0.2) is 0 Å². The Morgan fingerprint density at radius 2 is 1.69 bits per heavy atom. The summed E-state index contributed by atoms with van der Waals surface area (Å²) < 4.78 is 32.1. The van der Waals surface area contributed by atoms with E-state index in [9.17, 15) is 24.7 Å². The van der Waals surface area contributed by atoms with Gasteiger partial charge in [-0.15, -0.1) is 0 Å². The molecule has 0 bridgehead atoms. The van der Waals surface area contributed by atoms with Crippen molar-refractivity contribution in [3.63, 3.8) is 0 Å². The molecular formula is C16H32NO11P. The SMILES string of the molecule is CCOC(CC)(C(O)C(O)COP(=O)(O)O)C(OCC)(C(=O)O)N1CCOCC1. The van der Waals surface area contributed by atoms with Gasteiger partial charge in [-0.25, -0.2) is 9.36 Å². The molecule has 5 N–H and O–H groups in total. The molecule has 1 aliphatic rings. The molecule has 4 unspecified atom stereocenters. The summed E-state index contributed by atoms with van der Waals surface area (Å²) in [4.78, 5) is 31.8. The summed E-state index contributed by atoms with van der Waals surface area (Å²) in [6.07, 6.45) is -3.88. The second kappa shape index (κ2) is 11.1. The summed E-state index contributed by atoms with van der Waals surface area (Å²) in [6, 6.07) is 0. The predicted octanol–water partition coefficient (Wildman–Crippen LogP) is -0.848. The first-order chi connectivity index (χ1) is 13.5. The lowest BCUT2D eigenvalue weighted by atomic mass is 9.78. The first kappa shape index (κ1) is 26.4. The summed E-state index contributed by atoms with van der Waals surface area (Å²) in [6.45, 7) is 4.53.